The van der Waals surface area contributed by atoms with Gasteiger partial charge in [-0.15, -0.1) is 0 Å². The van der Waals surface area contributed by atoms with Gasteiger partial charge < -0.3 is 15.5 Å². The average Bonchev–Trinajstić information content (AvgIpc) is 2.97. The Morgan fingerprint density at radius 1 is 1.18 bits per heavy atom. The van der Waals surface area contributed by atoms with E-state index in [1.807, 2.05) is 49.9 Å². The van der Waals surface area contributed by atoms with Crippen LogP contribution < -0.4 is 10.6 Å². The van der Waals surface area contributed by atoms with Crippen LogP contribution in [0.1, 0.15) is 44.0 Å². The highest BCUT2D eigenvalue weighted by Gasteiger charge is 2.19. The summed E-state index contributed by atoms with van der Waals surface area (Å²) in [6.45, 7) is 7.70. The second-order valence-electron chi connectivity index (χ2n) is 6.73. The lowest BCUT2D eigenvalue weighted by atomic mass is 10.1. The lowest BCUT2D eigenvalue weighted by Crippen LogP contribution is -2.43. The zero-order valence-corrected chi connectivity index (χ0v) is 13.6. The molecule has 0 atom stereocenters. The van der Waals surface area contributed by atoms with Crippen molar-refractivity contribution >= 4 is 17.5 Å². The summed E-state index contributed by atoms with van der Waals surface area (Å²) in [5, 5.41) is 5.96. The number of anilines is 1. The smallest absolute Gasteiger partial charge is 0.253 e. The Morgan fingerprint density at radius 3 is 2.50 bits per heavy atom. The van der Waals surface area contributed by atoms with E-state index >= 15 is 0 Å². The fraction of sp³-hybridized carbons (Fsp3) is 0.529. The molecule has 2 amide bonds. The first-order valence-electron chi connectivity index (χ1n) is 7.79. The van der Waals surface area contributed by atoms with Crippen LogP contribution in [0.4, 0.5) is 5.69 Å². The van der Waals surface area contributed by atoms with Gasteiger partial charge in [-0.1, -0.05) is 6.07 Å². The van der Waals surface area contributed by atoms with Gasteiger partial charge in [0.25, 0.3) is 5.91 Å². The maximum Gasteiger partial charge on any atom is 0.253 e. The molecule has 0 aromatic heterocycles. The van der Waals surface area contributed by atoms with Crippen molar-refractivity contribution in [2.75, 3.05) is 25.0 Å². The highest BCUT2D eigenvalue weighted by atomic mass is 16.2. The van der Waals surface area contributed by atoms with Crippen LogP contribution in [0.25, 0.3) is 0 Å². The largest absolute Gasteiger partial charge is 0.376 e. The maximum absolute atomic E-state index is 12.3. The zero-order valence-electron chi connectivity index (χ0n) is 13.6. The number of nitrogens with one attached hydrogen (secondary N) is 2. The normalized spacial score (nSPS) is 14.8. The zero-order chi connectivity index (χ0) is 16.2. The Kier molecular flexibility index (Phi) is 5.06. The van der Waals surface area contributed by atoms with Gasteiger partial charge in [-0.3, -0.25) is 9.59 Å². The van der Waals surface area contributed by atoms with E-state index in [-0.39, 0.29) is 23.9 Å². The summed E-state index contributed by atoms with van der Waals surface area (Å²) in [4.78, 5) is 26.0. The van der Waals surface area contributed by atoms with Gasteiger partial charge in [-0.25, -0.2) is 0 Å². The standard InChI is InChI=1S/C17H25N3O2/c1-17(2,3)19-15(21)12-18-14-8-6-7-13(11-14)16(22)20-9-4-5-10-20/h6-8,11,18H,4-5,9-10,12H2,1-3H3,(H,19,21). The predicted molar refractivity (Wildman–Crippen MR) is 88.0 cm³/mol. The topological polar surface area (TPSA) is 61.4 Å². The number of nitrogens with zero attached hydrogens (tertiary/aromatic N) is 1. The van der Waals surface area contributed by atoms with Gasteiger partial charge in [0, 0.05) is 29.9 Å². The molecule has 0 bridgehead atoms. The van der Waals surface area contributed by atoms with Gasteiger partial charge in [0.2, 0.25) is 5.91 Å². The fourth-order valence-corrected chi connectivity index (χ4v) is 2.51. The first kappa shape index (κ1) is 16.3. The maximum atomic E-state index is 12.3. The summed E-state index contributed by atoms with van der Waals surface area (Å²) in [5.74, 6) is 0.00376. The Hall–Kier alpha value is -2.04. The summed E-state index contributed by atoms with van der Waals surface area (Å²) in [6.07, 6.45) is 2.16. The molecule has 0 unspecified atom stereocenters. The molecule has 5 heteroatoms. The van der Waals surface area contributed by atoms with Crippen molar-refractivity contribution in [1.82, 2.24) is 10.2 Å². The van der Waals surface area contributed by atoms with Crippen LogP contribution in [0, 0.1) is 0 Å². The number of carbonyl (C=O) groups excluding carboxylic acids is 2. The van der Waals surface area contributed by atoms with E-state index in [4.69, 9.17) is 0 Å². The molecule has 2 rings (SSSR count). The minimum absolute atomic E-state index is 0.0660. The minimum atomic E-state index is -0.244. The van der Waals surface area contributed by atoms with Crippen molar-refractivity contribution in [3.8, 4) is 0 Å². The molecule has 1 fully saturated rings. The van der Waals surface area contributed by atoms with Crippen LogP contribution in [-0.2, 0) is 4.79 Å². The molecule has 5 nitrogen and oxygen atoms in total. The van der Waals surface area contributed by atoms with Crippen LogP contribution in [0.2, 0.25) is 0 Å². The van der Waals surface area contributed by atoms with Gasteiger partial charge in [0.15, 0.2) is 0 Å². The molecule has 0 radical (unpaired) electrons. The number of benzene rings is 1. The van der Waals surface area contributed by atoms with Gasteiger partial charge in [-0.05, 0) is 51.8 Å². The quantitative estimate of drug-likeness (QED) is 0.897. The average molecular weight is 303 g/mol. The molecule has 1 aromatic rings. The van der Waals surface area contributed by atoms with Crippen molar-refractivity contribution in [3.05, 3.63) is 29.8 Å². The van der Waals surface area contributed by atoms with Gasteiger partial charge in [0.1, 0.15) is 0 Å². The highest BCUT2D eigenvalue weighted by Crippen LogP contribution is 2.16. The monoisotopic (exact) mass is 303 g/mol. The predicted octanol–water partition coefficient (Wildman–Crippen LogP) is 2.25. The van der Waals surface area contributed by atoms with Crippen LogP contribution in [-0.4, -0.2) is 41.9 Å². The Bertz CT molecular complexity index is 543. The molecular weight excluding hydrogens is 278 g/mol. The molecule has 0 aliphatic carbocycles. The summed E-state index contributed by atoms with van der Waals surface area (Å²) >= 11 is 0. The lowest BCUT2D eigenvalue weighted by molar-refractivity contribution is -0.120. The summed E-state index contributed by atoms with van der Waals surface area (Å²) in [5.41, 5.74) is 1.21. The SMILES string of the molecule is CC(C)(C)NC(=O)CNc1cccc(C(=O)N2CCCC2)c1. The lowest BCUT2D eigenvalue weighted by Gasteiger charge is -2.21. The summed E-state index contributed by atoms with van der Waals surface area (Å²) < 4.78 is 0. The third-order valence-electron chi connectivity index (χ3n) is 3.47. The number of hydrogen-bond donors (Lipinski definition) is 2. The third-order valence-corrected chi connectivity index (χ3v) is 3.47. The van der Waals surface area contributed by atoms with Crippen LogP contribution in [0.15, 0.2) is 24.3 Å². The molecule has 22 heavy (non-hydrogen) atoms. The molecule has 2 N–H and O–H groups in total. The number of carbonyl (C=O) groups is 2. The van der Waals surface area contributed by atoms with Crippen molar-refractivity contribution in [2.45, 2.75) is 39.2 Å². The van der Waals surface area contributed by atoms with Gasteiger partial charge >= 0.3 is 0 Å². The number of likely N-dealkylation sites (tertiary alicyclic amines) is 1. The third kappa shape index (κ3) is 4.76. The molecule has 0 saturated carbocycles. The molecule has 1 heterocycles. The molecule has 1 aromatic carbocycles. The van der Waals surface area contributed by atoms with Crippen molar-refractivity contribution in [3.63, 3.8) is 0 Å². The molecule has 1 aliphatic rings. The first-order chi connectivity index (χ1) is 10.3. The Balaban J connectivity index is 1.94. The number of rotatable bonds is 4. The molecular formula is C17H25N3O2. The van der Waals surface area contributed by atoms with E-state index in [1.54, 1.807) is 0 Å². The highest BCUT2D eigenvalue weighted by molar-refractivity contribution is 5.95. The number of amides is 2. The first-order valence-corrected chi connectivity index (χ1v) is 7.79. The van der Waals surface area contributed by atoms with Crippen molar-refractivity contribution in [2.24, 2.45) is 0 Å². The van der Waals surface area contributed by atoms with Crippen LogP contribution >= 0.6 is 0 Å². The van der Waals surface area contributed by atoms with Gasteiger partial charge in [0.05, 0.1) is 6.54 Å². The van der Waals surface area contributed by atoms with Crippen molar-refractivity contribution < 1.29 is 9.59 Å². The molecule has 0 spiro atoms. The van der Waals surface area contributed by atoms with Crippen molar-refractivity contribution in [1.29, 1.82) is 0 Å². The van der Waals surface area contributed by atoms with Crippen LogP contribution in [0.3, 0.4) is 0 Å². The fourth-order valence-electron chi connectivity index (χ4n) is 2.51. The van der Waals surface area contributed by atoms with Gasteiger partial charge in [-0.2, -0.15) is 0 Å². The molecule has 1 aliphatic heterocycles. The van der Waals surface area contributed by atoms with E-state index < -0.39 is 0 Å². The minimum Gasteiger partial charge on any atom is -0.376 e. The second kappa shape index (κ2) is 6.81. The number of hydrogen-bond acceptors (Lipinski definition) is 3. The van der Waals surface area contributed by atoms with Crippen LogP contribution in [0.5, 0.6) is 0 Å². The van der Waals surface area contributed by atoms with E-state index in [1.165, 1.54) is 0 Å². The Morgan fingerprint density at radius 2 is 1.86 bits per heavy atom. The molecule has 120 valence electrons. The van der Waals surface area contributed by atoms with E-state index in [0.29, 0.717) is 5.56 Å². The Labute approximate surface area is 132 Å². The van der Waals surface area contributed by atoms with E-state index in [0.717, 1.165) is 31.6 Å². The second-order valence-corrected chi connectivity index (χ2v) is 6.73. The summed E-state index contributed by atoms with van der Waals surface area (Å²) in [7, 11) is 0. The van der Waals surface area contributed by atoms with E-state index in [9.17, 15) is 9.59 Å². The van der Waals surface area contributed by atoms with E-state index in [2.05, 4.69) is 10.6 Å². The molecule has 1 saturated heterocycles. The summed E-state index contributed by atoms with van der Waals surface area (Å²) in [6, 6.07) is 7.34.